The van der Waals surface area contributed by atoms with Crippen molar-refractivity contribution < 1.29 is 17.6 Å². The largest absolute Gasteiger partial charge is 0.355 e. The van der Waals surface area contributed by atoms with Gasteiger partial charge in [0.2, 0.25) is 15.9 Å². The van der Waals surface area contributed by atoms with E-state index in [2.05, 4.69) is 5.32 Å². The molecule has 0 radical (unpaired) electrons. The molecule has 6 nitrogen and oxygen atoms in total. The van der Waals surface area contributed by atoms with Crippen molar-refractivity contribution in [3.63, 3.8) is 0 Å². The first-order valence-corrected chi connectivity index (χ1v) is 11.5. The van der Waals surface area contributed by atoms with Gasteiger partial charge >= 0.3 is 0 Å². The maximum absolute atomic E-state index is 13.0. The van der Waals surface area contributed by atoms with Crippen LogP contribution in [0.25, 0.3) is 0 Å². The molecule has 0 atom stereocenters. The molecule has 8 heteroatoms. The van der Waals surface area contributed by atoms with Gasteiger partial charge in [0, 0.05) is 32.7 Å². The molecule has 1 saturated heterocycles. The molecule has 0 saturated carbocycles. The molecule has 162 valence electrons. The van der Waals surface area contributed by atoms with E-state index in [-0.39, 0.29) is 18.3 Å². The van der Waals surface area contributed by atoms with Crippen molar-refractivity contribution in [3.05, 3.63) is 65.0 Å². The summed E-state index contributed by atoms with van der Waals surface area (Å²) in [5.41, 5.74) is 2.74. The molecule has 0 aliphatic carbocycles. The SMILES string of the molecule is Cc1ccc(S(=O)(=O)N2CCN(CC(=O)NCCc3ccc(F)cc3)CC2)c(C)c1. The van der Waals surface area contributed by atoms with Crippen molar-refractivity contribution in [1.29, 1.82) is 0 Å². The molecule has 1 aliphatic rings. The highest BCUT2D eigenvalue weighted by Gasteiger charge is 2.30. The number of halogens is 1. The monoisotopic (exact) mass is 433 g/mol. The first-order chi connectivity index (χ1) is 14.3. The number of carbonyl (C=O) groups is 1. The van der Waals surface area contributed by atoms with Crippen molar-refractivity contribution in [2.45, 2.75) is 25.2 Å². The van der Waals surface area contributed by atoms with Crippen molar-refractivity contribution >= 4 is 15.9 Å². The van der Waals surface area contributed by atoms with Gasteiger partial charge in [0.1, 0.15) is 5.82 Å². The lowest BCUT2D eigenvalue weighted by molar-refractivity contribution is -0.122. The Bertz CT molecular complexity index is 985. The zero-order chi connectivity index (χ0) is 21.7. The quantitative estimate of drug-likeness (QED) is 0.726. The van der Waals surface area contributed by atoms with E-state index < -0.39 is 10.0 Å². The van der Waals surface area contributed by atoms with Gasteiger partial charge in [0.15, 0.2) is 0 Å². The Morgan fingerprint density at radius 1 is 1.03 bits per heavy atom. The van der Waals surface area contributed by atoms with Crippen LogP contribution in [0, 0.1) is 19.7 Å². The summed E-state index contributed by atoms with van der Waals surface area (Å²) in [6.45, 7) is 6.20. The summed E-state index contributed by atoms with van der Waals surface area (Å²) < 4.78 is 40.3. The number of piperazine rings is 1. The van der Waals surface area contributed by atoms with Gasteiger partial charge in [0.25, 0.3) is 0 Å². The third-order valence-corrected chi connectivity index (χ3v) is 7.35. The fraction of sp³-hybridized carbons (Fsp3) is 0.409. The molecular formula is C22H28FN3O3S. The Labute approximate surface area is 177 Å². The molecule has 30 heavy (non-hydrogen) atoms. The summed E-state index contributed by atoms with van der Waals surface area (Å²) in [5, 5.41) is 2.87. The van der Waals surface area contributed by atoms with Crippen LogP contribution in [0.15, 0.2) is 47.4 Å². The van der Waals surface area contributed by atoms with Crippen LogP contribution in [0.2, 0.25) is 0 Å². The highest BCUT2D eigenvalue weighted by atomic mass is 32.2. The number of hydrogen-bond donors (Lipinski definition) is 1. The molecule has 1 aliphatic heterocycles. The van der Waals surface area contributed by atoms with Crippen LogP contribution in [0.3, 0.4) is 0 Å². The second-order valence-corrected chi connectivity index (χ2v) is 9.58. The highest BCUT2D eigenvalue weighted by molar-refractivity contribution is 7.89. The van der Waals surface area contributed by atoms with E-state index in [1.54, 1.807) is 18.2 Å². The van der Waals surface area contributed by atoms with Crippen LogP contribution in [0.4, 0.5) is 4.39 Å². The fourth-order valence-corrected chi connectivity index (χ4v) is 5.24. The molecule has 0 spiro atoms. The van der Waals surface area contributed by atoms with Crippen LogP contribution >= 0.6 is 0 Å². The van der Waals surface area contributed by atoms with E-state index in [0.29, 0.717) is 44.0 Å². The summed E-state index contributed by atoms with van der Waals surface area (Å²) in [5.74, 6) is -0.371. The third-order valence-electron chi connectivity index (χ3n) is 5.30. The van der Waals surface area contributed by atoms with Gasteiger partial charge in [-0.05, 0) is 49.6 Å². The molecule has 0 unspecified atom stereocenters. The molecule has 0 bridgehead atoms. The zero-order valence-corrected chi connectivity index (χ0v) is 18.2. The van der Waals surface area contributed by atoms with Crippen molar-refractivity contribution in [2.75, 3.05) is 39.3 Å². The maximum atomic E-state index is 13.0. The molecular weight excluding hydrogens is 405 g/mol. The number of rotatable bonds is 7. The Kier molecular flexibility index (Phi) is 7.23. The van der Waals surface area contributed by atoms with Crippen LogP contribution < -0.4 is 5.32 Å². The Hall–Kier alpha value is -2.29. The Morgan fingerprint density at radius 3 is 2.33 bits per heavy atom. The number of sulfonamides is 1. The lowest BCUT2D eigenvalue weighted by Gasteiger charge is -2.33. The van der Waals surface area contributed by atoms with E-state index in [9.17, 15) is 17.6 Å². The summed E-state index contributed by atoms with van der Waals surface area (Å²) >= 11 is 0. The zero-order valence-electron chi connectivity index (χ0n) is 17.4. The van der Waals surface area contributed by atoms with E-state index in [1.165, 1.54) is 16.4 Å². The number of carbonyl (C=O) groups excluding carboxylic acids is 1. The molecule has 1 fully saturated rings. The van der Waals surface area contributed by atoms with Crippen LogP contribution in [-0.2, 0) is 21.2 Å². The minimum atomic E-state index is -3.53. The average Bonchev–Trinajstić information content (AvgIpc) is 2.69. The van der Waals surface area contributed by atoms with Gasteiger partial charge in [-0.2, -0.15) is 4.31 Å². The van der Waals surface area contributed by atoms with Crippen LogP contribution in [0.5, 0.6) is 0 Å². The molecule has 3 rings (SSSR count). The fourth-order valence-electron chi connectivity index (χ4n) is 3.61. The lowest BCUT2D eigenvalue weighted by Crippen LogP contribution is -2.51. The van der Waals surface area contributed by atoms with E-state index in [0.717, 1.165) is 16.7 Å². The van der Waals surface area contributed by atoms with Crippen molar-refractivity contribution in [3.8, 4) is 0 Å². The number of nitrogens with one attached hydrogen (secondary N) is 1. The van der Waals surface area contributed by atoms with E-state index in [1.807, 2.05) is 30.9 Å². The van der Waals surface area contributed by atoms with Gasteiger partial charge in [-0.15, -0.1) is 0 Å². The van der Waals surface area contributed by atoms with E-state index in [4.69, 9.17) is 0 Å². The number of amides is 1. The molecule has 1 N–H and O–H groups in total. The van der Waals surface area contributed by atoms with Crippen molar-refractivity contribution in [1.82, 2.24) is 14.5 Å². The number of hydrogen-bond acceptors (Lipinski definition) is 4. The first kappa shape index (κ1) is 22.4. The maximum Gasteiger partial charge on any atom is 0.243 e. The van der Waals surface area contributed by atoms with Crippen LogP contribution in [-0.4, -0.2) is 62.8 Å². The topological polar surface area (TPSA) is 69.7 Å². The third kappa shape index (κ3) is 5.65. The molecule has 2 aromatic rings. The normalized spacial score (nSPS) is 15.8. The predicted molar refractivity (Wildman–Crippen MR) is 114 cm³/mol. The second-order valence-electron chi connectivity index (χ2n) is 7.68. The summed E-state index contributed by atoms with van der Waals surface area (Å²) in [6.07, 6.45) is 0.633. The minimum absolute atomic E-state index is 0.0946. The average molecular weight is 434 g/mol. The smallest absolute Gasteiger partial charge is 0.243 e. The number of aryl methyl sites for hydroxylation is 2. The highest BCUT2D eigenvalue weighted by Crippen LogP contribution is 2.22. The van der Waals surface area contributed by atoms with Gasteiger partial charge in [0.05, 0.1) is 11.4 Å². The standard InChI is InChI=1S/C22H28FN3O3S/c1-17-3-8-21(18(2)15-17)30(28,29)26-13-11-25(12-14-26)16-22(27)24-10-9-19-4-6-20(23)7-5-19/h3-8,15H,9-14,16H2,1-2H3,(H,24,27). The molecule has 2 aromatic carbocycles. The summed E-state index contributed by atoms with van der Waals surface area (Å²) in [6, 6.07) is 11.6. The molecule has 1 amide bonds. The summed E-state index contributed by atoms with van der Waals surface area (Å²) in [7, 11) is -3.53. The predicted octanol–water partition coefficient (Wildman–Crippen LogP) is 2.11. The van der Waals surface area contributed by atoms with Gasteiger partial charge in [-0.25, -0.2) is 12.8 Å². The number of nitrogens with zero attached hydrogens (tertiary/aromatic N) is 2. The van der Waals surface area contributed by atoms with Gasteiger partial charge in [-0.3, -0.25) is 9.69 Å². The second kappa shape index (κ2) is 9.68. The molecule has 1 heterocycles. The van der Waals surface area contributed by atoms with Gasteiger partial charge < -0.3 is 5.32 Å². The first-order valence-electron chi connectivity index (χ1n) is 10.1. The van der Waals surface area contributed by atoms with Crippen molar-refractivity contribution in [2.24, 2.45) is 0 Å². The minimum Gasteiger partial charge on any atom is -0.355 e. The Morgan fingerprint density at radius 2 is 1.70 bits per heavy atom. The lowest BCUT2D eigenvalue weighted by atomic mass is 10.1. The van der Waals surface area contributed by atoms with Crippen LogP contribution in [0.1, 0.15) is 16.7 Å². The number of benzene rings is 2. The molecule has 0 aromatic heterocycles. The van der Waals surface area contributed by atoms with Gasteiger partial charge in [-0.1, -0.05) is 29.8 Å². The summed E-state index contributed by atoms with van der Waals surface area (Å²) in [4.78, 5) is 14.5. The van der Waals surface area contributed by atoms with E-state index >= 15 is 0 Å². The Balaban J connectivity index is 1.45.